The molecule has 0 radical (unpaired) electrons. The highest BCUT2D eigenvalue weighted by Crippen LogP contribution is 2.37. The molecular formula is C30H17BF14NO3+. The third kappa shape index (κ3) is 6.71. The summed E-state index contributed by atoms with van der Waals surface area (Å²) in [5, 5.41) is 0. The smallest absolute Gasteiger partial charge is 0.484 e. The van der Waals surface area contributed by atoms with Crippen molar-refractivity contribution in [2.75, 3.05) is 21.1 Å². The van der Waals surface area contributed by atoms with Gasteiger partial charge in [0.1, 0.15) is 5.69 Å². The lowest BCUT2D eigenvalue weighted by molar-refractivity contribution is 0.249. The Hall–Kier alpha value is -4.94. The molecule has 0 spiro atoms. The molecule has 0 aliphatic heterocycles. The van der Waals surface area contributed by atoms with E-state index in [1.807, 2.05) is 0 Å². The first-order valence-corrected chi connectivity index (χ1v) is 13.2. The first kappa shape index (κ1) is 36.9. The van der Waals surface area contributed by atoms with E-state index in [9.17, 15) is 43.9 Å². The molecule has 49 heavy (non-hydrogen) atoms. The molecular weight excluding hydrogens is 699 g/mol. The molecule has 0 fully saturated rings. The molecule has 0 unspecified atom stereocenters. The maximum atomic E-state index is 15.3. The van der Waals surface area contributed by atoms with Crippen LogP contribution in [0.1, 0.15) is 16.7 Å². The molecule has 4 aromatic carbocycles. The van der Waals surface area contributed by atoms with Crippen molar-refractivity contribution >= 4 is 19.1 Å². The zero-order valence-corrected chi connectivity index (χ0v) is 24.8. The Kier molecular flexibility index (Phi) is 10.2. The van der Waals surface area contributed by atoms with Gasteiger partial charge >= 0.3 is 7.32 Å². The fraction of sp³-hybridized carbons (Fsp3) is 0.133. The summed E-state index contributed by atoms with van der Waals surface area (Å²) in [5.41, 5.74) is -0.195. The van der Waals surface area contributed by atoms with E-state index in [1.54, 1.807) is 27.2 Å². The Bertz CT molecular complexity index is 1840. The summed E-state index contributed by atoms with van der Waals surface area (Å²) in [6.45, 7) is 3.60. The minimum Gasteiger partial charge on any atom is -0.484 e. The highest BCUT2D eigenvalue weighted by molar-refractivity contribution is 6.39. The third-order valence-electron chi connectivity index (χ3n) is 6.73. The van der Waals surface area contributed by atoms with Gasteiger partial charge in [0.15, 0.2) is 28.9 Å². The van der Waals surface area contributed by atoms with Crippen molar-refractivity contribution in [2.24, 2.45) is 0 Å². The standard InChI is InChI=1S/C30H17BF14NO3/c1-5-10-6-7-11(13(8-10)46(2,3)4)9-12-14(32)22(40)28(23(41)15(12)33)47-31(48-29-24(42)18(36)16(34)19(37)25(29)43)49-30-26(44)20(38)17(35)21(39)27(30)45/h5-8H,1,9H2,2-4H3/q+1. The average Bonchev–Trinajstić information content (AvgIpc) is 3.07. The van der Waals surface area contributed by atoms with Crippen LogP contribution in [-0.2, 0) is 6.42 Å². The molecule has 4 rings (SSSR count). The fourth-order valence-electron chi connectivity index (χ4n) is 4.33. The first-order chi connectivity index (χ1) is 22.7. The maximum absolute atomic E-state index is 15.3. The second-order valence-electron chi connectivity index (χ2n) is 10.8. The molecule has 0 atom stereocenters. The number of halogens is 14. The van der Waals surface area contributed by atoms with Crippen LogP contribution in [-0.4, -0.2) is 28.5 Å². The van der Waals surface area contributed by atoms with Gasteiger partial charge in [-0.1, -0.05) is 24.8 Å². The fourth-order valence-corrected chi connectivity index (χ4v) is 4.33. The first-order valence-electron chi connectivity index (χ1n) is 13.2. The van der Waals surface area contributed by atoms with Gasteiger partial charge in [0.2, 0.25) is 69.8 Å². The Morgan fingerprint density at radius 1 is 0.531 bits per heavy atom. The van der Waals surface area contributed by atoms with Gasteiger partial charge in [-0.25, -0.2) is 35.1 Å². The Labute approximate surface area is 267 Å². The summed E-state index contributed by atoms with van der Waals surface area (Å²) in [6, 6.07) is 4.38. The van der Waals surface area contributed by atoms with Crippen LogP contribution in [0, 0.1) is 81.4 Å². The van der Waals surface area contributed by atoms with Crippen molar-refractivity contribution in [3.05, 3.63) is 123 Å². The van der Waals surface area contributed by atoms with Gasteiger partial charge in [-0.15, -0.1) is 0 Å². The molecule has 0 heterocycles. The number of quaternary nitrogens is 1. The SMILES string of the molecule is C=Cc1ccc(Cc2c(F)c(F)c(OB(Oc3c(F)c(F)c(F)c(F)c3F)Oc3c(F)c(F)c(F)c(F)c3F)c(F)c2F)c([N+](C)(C)C)c1. The van der Waals surface area contributed by atoms with Gasteiger partial charge in [-0.2, -0.15) is 26.3 Å². The van der Waals surface area contributed by atoms with Crippen molar-refractivity contribution in [1.82, 2.24) is 4.48 Å². The summed E-state index contributed by atoms with van der Waals surface area (Å²) in [6.07, 6.45) is 0.606. The number of hydrogen-bond acceptors (Lipinski definition) is 3. The molecule has 0 saturated heterocycles. The van der Waals surface area contributed by atoms with Crippen molar-refractivity contribution in [1.29, 1.82) is 0 Å². The van der Waals surface area contributed by atoms with Crippen molar-refractivity contribution in [3.63, 3.8) is 0 Å². The topological polar surface area (TPSA) is 27.7 Å². The Balaban J connectivity index is 1.87. The van der Waals surface area contributed by atoms with E-state index in [2.05, 4.69) is 20.5 Å². The van der Waals surface area contributed by atoms with Crippen LogP contribution in [0.2, 0.25) is 0 Å². The molecule has 19 heteroatoms. The number of rotatable bonds is 10. The summed E-state index contributed by atoms with van der Waals surface area (Å²) < 4.78 is 214. The van der Waals surface area contributed by atoms with Crippen LogP contribution in [0.15, 0.2) is 24.8 Å². The summed E-state index contributed by atoms with van der Waals surface area (Å²) in [7, 11) is 1.25. The molecule has 0 N–H and O–H groups in total. The zero-order valence-electron chi connectivity index (χ0n) is 24.8. The molecule has 0 bridgehead atoms. The van der Waals surface area contributed by atoms with E-state index in [1.165, 1.54) is 18.2 Å². The highest BCUT2D eigenvalue weighted by Gasteiger charge is 2.42. The summed E-state index contributed by atoms with van der Waals surface area (Å²) in [5.74, 6) is -44.4. The summed E-state index contributed by atoms with van der Waals surface area (Å²) >= 11 is 0. The lowest BCUT2D eigenvalue weighted by Gasteiger charge is -2.27. The predicted octanol–water partition coefficient (Wildman–Crippen LogP) is 8.59. The molecule has 0 aromatic heterocycles. The van der Waals surface area contributed by atoms with Gasteiger partial charge in [-0.05, 0) is 5.56 Å². The normalized spacial score (nSPS) is 11.5. The molecule has 4 aromatic rings. The van der Waals surface area contributed by atoms with Gasteiger partial charge in [0.25, 0.3) is 0 Å². The van der Waals surface area contributed by atoms with Crippen molar-refractivity contribution in [2.45, 2.75) is 6.42 Å². The average molecular weight is 716 g/mol. The largest absolute Gasteiger partial charge is 0.864 e. The van der Waals surface area contributed by atoms with E-state index in [-0.39, 0.29) is 10.0 Å². The van der Waals surface area contributed by atoms with Crippen LogP contribution in [0.5, 0.6) is 17.2 Å². The lowest BCUT2D eigenvalue weighted by atomic mass is 9.98. The molecule has 260 valence electrons. The molecule has 0 aliphatic carbocycles. The summed E-state index contributed by atoms with van der Waals surface area (Å²) in [4.78, 5) is 0. The van der Waals surface area contributed by atoms with Gasteiger partial charge in [0, 0.05) is 23.6 Å². The number of benzene rings is 4. The Morgan fingerprint density at radius 3 is 1.18 bits per heavy atom. The second kappa shape index (κ2) is 13.5. The van der Waals surface area contributed by atoms with Gasteiger partial charge in [-0.3, -0.25) is 4.48 Å². The molecule has 0 aliphatic rings. The lowest BCUT2D eigenvalue weighted by Crippen LogP contribution is -2.39. The van der Waals surface area contributed by atoms with Crippen LogP contribution in [0.25, 0.3) is 6.08 Å². The monoisotopic (exact) mass is 716 g/mol. The van der Waals surface area contributed by atoms with E-state index in [0.29, 0.717) is 11.3 Å². The van der Waals surface area contributed by atoms with Gasteiger partial charge in [0.05, 0.1) is 21.1 Å². The van der Waals surface area contributed by atoms with Crippen LogP contribution >= 0.6 is 0 Å². The van der Waals surface area contributed by atoms with Crippen molar-refractivity contribution < 1.29 is 75.4 Å². The van der Waals surface area contributed by atoms with E-state index >= 15 is 17.6 Å². The minimum absolute atomic E-state index is 0.0259. The van der Waals surface area contributed by atoms with Gasteiger partial charge < -0.3 is 14.0 Å². The van der Waals surface area contributed by atoms with E-state index < -0.39 is 118 Å². The van der Waals surface area contributed by atoms with Crippen LogP contribution < -0.4 is 18.4 Å². The maximum Gasteiger partial charge on any atom is 0.864 e. The molecule has 4 nitrogen and oxygen atoms in total. The van der Waals surface area contributed by atoms with E-state index in [0.717, 1.165) is 0 Å². The van der Waals surface area contributed by atoms with E-state index in [4.69, 9.17) is 0 Å². The number of nitrogens with zero attached hydrogens (tertiary/aromatic N) is 1. The second-order valence-corrected chi connectivity index (χ2v) is 10.8. The van der Waals surface area contributed by atoms with Crippen molar-refractivity contribution in [3.8, 4) is 17.2 Å². The zero-order chi connectivity index (χ0) is 36.9. The van der Waals surface area contributed by atoms with Crippen LogP contribution in [0.3, 0.4) is 0 Å². The molecule has 0 amide bonds. The third-order valence-corrected chi connectivity index (χ3v) is 6.73. The minimum atomic E-state index is -3.69. The molecule has 0 saturated carbocycles. The highest BCUT2D eigenvalue weighted by atomic mass is 19.2. The predicted molar refractivity (Wildman–Crippen MR) is 145 cm³/mol. The quantitative estimate of drug-likeness (QED) is 0.0542. The Morgan fingerprint density at radius 2 is 0.857 bits per heavy atom. The van der Waals surface area contributed by atoms with Crippen LogP contribution in [0.4, 0.5) is 67.2 Å². The number of hydrogen-bond donors (Lipinski definition) is 0.